The van der Waals surface area contributed by atoms with Crippen molar-refractivity contribution in [1.29, 1.82) is 0 Å². The van der Waals surface area contributed by atoms with Crippen molar-refractivity contribution in [2.75, 3.05) is 0 Å². The molecule has 1 aromatic rings. The van der Waals surface area contributed by atoms with Crippen molar-refractivity contribution in [3.05, 3.63) is 29.8 Å². The predicted molar refractivity (Wildman–Crippen MR) is 74.5 cm³/mol. The topological polar surface area (TPSA) is 35.5 Å². The molecule has 1 aromatic carbocycles. The molecule has 0 spiro atoms. The second-order valence-electron chi connectivity index (χ2n) is 5.39. The molecule has 104 valence electrons. The van der Waals surface area contributed by atoms with Crippen LogP contribution in [-0.4, -0.2) is 12.3 Å². The molecule has 1 fully saturated rings. The summed E-state index contributed by atoms with van der Waals surface area (Å²) in [6.45, 7) is 3.63. The Morgan fingerprint density at radius 1 is 1.16 bits per heavy atom. The lowest BCUT2D eigenvalue weighted by molar-refractivity contribution is 0.0724. The largest absolute Gasteiger partial charge is 0.514 e. The highest BCUT2D eigenvalue weighted by molar-refractivity contribution is 5.64. The fourth-order valence-corrected chi connectivity index (χ4v) is 2.63. The number of para-hydroxylation sites is 1. The van der Waals surface area contributed by atoms with E-state index in [0.717, 1.165) is 5.56 Å². The molecule has 0 bridgehead atoms. The van der Waals surface area contributed by atoms with Gasteiger partial charge >= 0.3 is 6.16 Å². The van der Waals surface area contributed by atoms with E-state index in [-0.39, 0.29) is 6.10 Å². The minimum Gasteiger partial charge on any atom is -0.431 e. The smallest absolute Gasteiger partial charge is 0.431 e. The molecule has 2 rings (SSSR count). The summed E-state index contributed by atoms with van der Waals surface area (Å²) < 4.78 is 10.4. The number of hydrogen-bond donors (Lipinski definition) is 0. The standard InChI is InChI=1S/C16H22O3/c1-12(2)18-16(17)19-15-11-7-6-10-14(15)13-8-4-3-5-9-13/h6-7,10-13H,3-5,8-9H2,1-2H3. The van der Waals surface area contributed by atoms with E-state index in [1.165, 1.54) is 32.1 Å². The van der Waals surface area contributed by atoms with Crippen molar-refractivity contribution in [2.45, 2.75) is 58.0 Å². The molecule has 0 aliphatic heterocycles. The number of hydrogen-bond acceptors (Lipinski definition) is 3. The highest BCUT2D eigenvalue weighted by atomic mass is 16.7. The van der Waals surface area contributed by atoms with Crippen LogP contribution in [0, 0.1) is 0 Å². The monoisotopic (exact) mass is 262 g/mol. The normalized spacial score (nSPS) is 16.4. The zero-order valence-corrected chi connectivity index (χ0v) is 11.7. The Morgan fingerprint density at radius 2 is 1.84 bits per heavy atom. The SMILES string of the molecule is CC(C)OC(=O)Oc1ccccc1C1CCCCC1. The molecule has 0 amide bonds. The average Bonchev–Trinajstić information content (AvgIpc) is 2.39. The summed E-state index contributed by atoms with van der Waals surface area (Å²) >= 11 is 0. The van der Waals surface area contributed by atoms with E-state index in [4.69, 9.17) is 9.47 Å². The number of carbonyl (C=O) groups excluding carboxylic acids is 1. The van der Waals surface area contributed by atoms with Crippen LogP contribution < -0.4 is 4.74 Å². The summed E-state index contributed by atoms with van der Waals surface area (Å²) in [5, 5.41) is 0. The summed E-state index contributed by atoms with van der Waals surface area (Å²) in [4.78, 5) is 11.6. The van der Waals surface area contributed by atoms with E-state index in [0.29, 0.717) is 11.7 Å². The molecular weight excluding hydrogens is 240 g/mol. The molecule has 0 atom stereocenters. The molecule has 1 aliphatic carbocycles. The van der Waals surface area contributed by atoms with Crippen molar-refractivity contribution < 1.29 is 14.3 Å². The molecule has 3 nitrogen and oxygen atoms in total. The number of benzene rings is 1. The van der Waals surface area contributed by atoms with Crippen LogP contribution in [0.3, 0.4) is 0 Å². The second-order valence-corrected chi connectivity index (χ2v) is 5.39. The highest BCUT2D eigenvalue weighted by Crippen LogP contribution is 2.37. The van der Waals surface area contributed by atoms with E-state index in [1.54, 1.807) is 0 Å². The third-order valence-corrected chi connectivity index (χ3v) is 3.49. The van der Waals surface area contributed by atoms with Gasteiger partial charge in [-0.25, -0.2) is 4.79 Å². The van der Waals surface area contributed by atoms with Crippen molar-refractivity contribution in [2.24, 2.45) is 0 Å². The van der Waals surface area contributed by atoms with Gasteiger partial charge in [0.05, 0.1) is 6.10 Å². The lowest BCUT2D eigenvalue weighted by atomic mass is 9.84. The van der Waals surface area contributed by atoms with Crippen molar-refractivity contribution >= 4 is 6.16 Å². The van der Waals surface area contributed by atoms with Gasteiger partial charge in [0.25, 0.3) is 0 Å². The molecular formula is C16H22O3. The van der Waals surface area contributed by atoms with E-state index in [2.05, 4.69) is 6.07 Å². The lowest BCUT2D eigenvalue weighted by Crippen LogP contribution is -2.17. The molecule has 0 heterocycles. The molecule has 0 unspecified atom stereocenters. The van der Waals surface area contributed by atoms with Gasteiger partial charge in [-0.1, -0.05) is 37.5 Å². The van der Waals surface area contributed by atoms with Crippen molar-refractivity contribution in [1.82, 2.24) is 0 Å². The van der Waals surface area contributed by atoms with Gasteiger partial charge in [-0.2, -0.15) is 0 Å². The van der Waals surface area contributed by atoms with Gasteiger partial charge in [-0.05, 0) is 44.2 Å². The van der Waals surface area contributed by atoms with Gasteiger partial charge < -0.3 is 9.47 Å². The van der Waals surface area contributed by atoms with Gasteiger partial charge in [0, 0.05) is 0 Å². The van der Waals surface area contributed by atoms with Gasteiger partial charge in [-0.3, -0.25) is 0 Å². The Hall–Kier alpha value is -1.51. The Morgan fingerprint density at radius 3 is 2.53 bits per heavy atom. The summed E-state index contributed by atoms with van der Waals surface area (Å²) in [5.41, 5.74) is 1.14. The number of ether oxygens (including phenoxy) is 2. The zero-order chi connectivity index (χ0) is 13.7. The maximum Gasteiger partial charge on any atom is 0.514 e. The predicted octanol–water partition coefficient (Wildman–Crippen LogP) is 4.66. The van der Waals surface area contributed by atoms with E-state index in [1.807, 2.05) is 32.0 Å². The Labute approximate surface area is 114 Å². The molecule has 1 saturated carbocycles. The molecule has 1 aliphatic rings. The number of rotatable bonds is 3. The summed E-state index contributed by atoms with van der Waals surface area (Å²) in [7, 11) is 0. The Kier molecular flexibility index (Phi) is 4.83. The molecule has 19 heavy (non-hydrogen) atoms. The van der Waals surface area contributed by atoms with Crippen LogP contribution in [0.5, 0.6) is 5.75 Å². The van der Waals surface area contributed by atoms with Crippen LogP contribution in [0.1, 0.15) is 57.4 Å². The quantitative estimate of drug-likeness (QED) is 0.587. The van der Waals surface area contributed by atoms with Crippen LogP contribution in [-0.2, 0) is 4.74 Å². The fraction of sp³-hybridized carbons (Fsp3) is 0.562. The average molecular weight is 262 g/mol. The lowest BCUT2D eigenvalue weighted by Gasteiger charge is -2.23. The van der Waals surface area contributed by atoms with Crippen LogP contribution in [0.25, 0.3) is 0 Å². The molecule has 0 N–H and O–H groups in total. The first-order valence-electron chi connectivity index (χ1n) is 7.14. The van der Waals surface area contributed by atoms with Crippen LogP contribution >= 0.6 is 0 Å². The van der Waals surface area contributed by atoms with Crippen LogP contribution in [0.15, 0.2) is 24.3 Å². The summed E-state index contributed by atoms with van der Waals surface area (Å²) in [6.07, 6.45) is 5.42. The van der Waals surface area contributed by atoms with Gasteiger partial charge in [0.2, 0.25) is 0 Å². The minimum absolute atomic E-state index is 0.158. The number of carbonyl (C=O) groups is 1. The molecule has 3 heteroatoms. The first-order chi connectivity index (χ1) is 9.16. The molecule has 0 aromatic heterocycles. The van der Waals surface area contributed by atoms with Crippen LogP contribution in [0.4, 0.5) is 4.79 Å². The minimum atomic E-state index is -0.613. The van der Waals surface area contributed by atoms with Gasteiger partial charge in [0.15, 0.2) is 0 Å². The Bertz CT molecular complexity index is 420. The van der Waals surface area contributed by atoms with E-state index in [9.17, 15) is 4.79 Å². The van der Waals surface area contributed by atoms with Gasteiger partial charge in [-0.15, -0.1) is 0 Å². The first kappa shape index (κ1) is 13.9. The first-order valence-corrected chi connectivity index (χ1v) is 7.14. The summed E-state index contributed by atoms with van der Waals surface area (Å²) in [6, 6.07) is 7.81. The van der Waals surface area contributed by atoms with Crippen LogP contribution in [0.2, 0.25) is 0 Å². The molecule has 0 radical (unpaired) electrons. The summed E-state index contributed by atoms with van der Waals surface area (Å²) in [5.74, 6) is 1.16. The van der Waals surface area contributed by atoms with E-state index < -0.39 is 6.16 Å². The maximum absolute atomic E-state index is 11.6. The maximum atomic E-state index is 11.6. The van der Waals surface area contributed by atoms with E-state index >= 15 is 0 Å². The third kappa shape index (κ3) is 3.98. The fourth-order valence-electron chi connectivity index (χ4n) is 2.63. The highest BCUT2D eigenvalue weighted by Gasteiger charge is 2.20. The molecule has 0 saturated heterocycles. The van der Waals surface area contributed by atoms with Crippen molar-refractivity contribution in [3.63, 3.8) is 0 Å². The Balaban J connectivity index is 2.09. The second kappa shape index (κ2) is 6.60. The van der Waals surface area contributed by atoms with Crippen molar-refractivity contribution in [3.8, 4) is 5.75 Å². The third-order valence-electron chi connectivity index (χ3n) is 3.49. The van der Waals surface area contributed by atoms with Gasteiger partial charge in [0.1, 0.15) is 5.75 Å². The zero-order valence-electron chi connectivity index (χ0n) is 11.7.